The van der Waals surface area contributed by atoms with Crippen LogP contribution in [0.15, 0.2) is 18.3 Å². The van der Waals surface area contributed by atoms with Gasteiger partial charge in [0.05, 0.1) is 22.3 Å². The summed E-state index contributed by atoms with van der Waals surface area (Å²) in [4.78, 5) is 0. The molecule has 0 fully saturated rings. The van der Waals surface area contributed by atoms with Crippen LogP contribution in [0.25, 0.3) is 5.69 Å². The van der Waals surface area contributed by atoms with E-state index < -0.39 is 0 Å². The summed E-state index contributed by atoms with van der Waals surface area (Å²) in [5, 5.41) is 8.06. The summed E-state index contributed by atoms with van der Waals surface area (Å²) in [6, 6.07) is 2.90. The van der Waals surface area contributed by atoms with Crippen LogP contribution in [0.2, 0.25) is 5.02 Å². The number of nitrogens with zero attached hydrogens (tertiary/aromatic N) is 3. The number of benzene rings is 1. The van der Waals surface area contributed by atoms with Crippen molar-refractivity contribution < 1.29 is 4.39 Å². The molecule has 3 nitrogen and oxygen atoms in total. The van der Waals surface area contributed by atoms with Crippen LogP contribution in [-0.4, -0.2) is 15.0 Å². The van der Waals surface area contributed by atoms with Crippen molar-refractivity contribution in [2.45, 2.75) is 25.6 Å². The molecule has 1 heterocycles. The Kier molecular flexibility index (Phi) is 3.88. The zero-order chi connectivity index (χ0) is 13.3. The van der Waals surface area contributed by atoms with Gasteiger partial charge in [-0.3, -0.25) is 0 Å². The molecule has 96 valence electrons. The maximum Gasteiger partial charge on any atom is 0.127 e. The molecule has 2 rings (SSSR count). The van der Waals surface area contributed by atoms with Gasteiger partial charge in [-0.15, -0.1) is 16.7 Å². The van der Waals surface area contributed by atoms with Crippen LogP contribution in [-0.2, 0) is 0 Å². The normalized spacial score (nSPS) is 12.7. The predicted octanol–water partition coefficient (Wildman–Crippen LogP) is 4.06. The number of aromatic nitrogens is 3. The molecule has 6 heteroatoms. The number of hydrogen-bond acceptors (Lipinski definition) is 2. The van der Waals surface area contributed by atoms with Gasteiger partial charge in [0.15, 0.2) is 0 Å². The predicted molar refractivity (Wildman–Crippen MR) is 69.9 cm³/mol. The highest BCUT2D eigenvalue weighted by atomic mass is 35.5. The highest BCUT2D eigenvalue weighted by Crippen LogP contribution is 2.26. The average Bonchev–Trinajstić information content (AvgIpc) is 2.82. The van der Waals surface area contributed by atoms with E-state index in [0.717, 1.165) is 6.42 Å². The Morgan fingerprint density at radius 3 is 2.83 bits per heavy atom. The van der Waals surface area contributed by atoms with E-state index in [4.69, 9.17) is 23.2 Å². The molecule has 0 bridgehead atoms. The summed E-state index contributed by atoms with van der Waals surface area (Å²) in [5.41, 5.74) is 1.77. The van der Waals surface area contributed by atoms with Crippen molar-refractivity contribution in [1.82, 2.24) is 15.0 Å². The second kappa shape index (κ2) is 5.24. The molecule has 0 aliphatic heterocycles. The quantitative estimate of drug-likeness (QED) is 0.797. The second-order valence-corrected chi connectivity index (χ2v) is 4.95. The first-order valence-electron chi connectivity index (χ1n) is 5.55. The molecule has 1 unspecified atom stereocenters. The Hall–Kier alpha value is -1.13. The minimum atomic E-state index is -0.340. The highest BCUT2D eigenvalue weighted by Gasteiger charge is 2.13. The van der Waals surface area contributed by atoms with Gasteiger partial charge in [0, 0.05) is 0 Å². The lowest BCUT2D eigenvalue weighted by molar-refractivity contribution is 0.617. The monoisotopic (exact) mass is 287 g/mol. The van der Waals surface area contributed by atoms with Gasteiger partial charge in [-0.2, -0.15) is 0 Å². The molecule has 0 saturated carbocycles. The van der Waals surface area contributed by atoms with Gasteiger partial charge in [-0.25, -0.2) is 9.07 Å². The lowest BCUT2D eigenvalue weighted by atomic mass is 10.2. The van der Waals surface area contributed by atoms with E-state index in [9.17, 15) is 4.39 Å². The molecule has 2 aromatic rings. The average molecular weight is 288 g/mol. The SMILES string of the molecule is CCC(Cl)c1cn(-c2cc(C)c(F)cc2Cl)nn1. The summed E-state index contributed by atoms with van der Waals surface area (Å²) in [7, 11) is 0. The first kappa shape index (κ1) is 13.3. The summed E-state index contributed by atoms with van der Waals surface area (Å²) in [6.45, 7) is 3.63. The molecule has 0 saturated heterocycles. The maximum absolute atomic E-state index is 13.3. The van der Waals surface area contributed by atoms with Crippen LogP contribution < -0.4 is 0 Å². The van der Waals surface area contributed by atoms with E-state index >= 15 is 0 Å². The van der Waals surface area contributed by atoms with Gasteiger partial charge in [-0.1, -0.05) is 23.7 Å². The van der Waals surface area contributed by atoms with E-state index in [0.29, 0.717) is 16.9 Å². The van der Waals surface area contributed by atoms with Crippen LogP contribution >= 0.6 is 23.2 Å². The molecule has 18 heavy (non-hydrogen) atoms. The van der Waals surface area contributed by atoms with Crippen molar-refractivity contribution in [3.05, 3.63) is 40.4 Å². The fraction of sp³-hybridized carbons (Fsp3) is 0.333. The smallest absolute Gasteiger partial charge is 0.127 e. The summed E-state index contributed by atoms with van der Waals surface area (Å²) < 4.78 is 14.8. The van der Waals surface area contributed by atoms with Crippen LogP contribution in [0.3, 0.4) is 0 Å². The fourth-order valence-electron chi connectivity index (χ4n) is 1.56. The van der Waals surface area contributed by atoms with E-state index in [2.05, 4.69) is 10.3 Å². The first-order valence-corrected chi connectivity index (χ1v) is 6.36. The van der Waals surface area contributed by atoms with Gasteiger partial charge in [0.2, 0.25) is 0 Å². The number of hydrogen-bond donors (Lipinski definition) is 0. The largest absolute Gasteiger partial charge is 0.219 e. The van der Waals surface area contributed by atoms with Crippen molar-refractivity contribution >= 4 is 23.2 Å². The zero-order valence-corrected chi connectivity index (χ0v) is 11.5. The van der Waals surface area contributed by atoms with Gasteiger partial charge < -0.3 is 0 Å². The molecule has 0 aliphatic rings. The van der Waals surface area contributed by atoms with Crippen molar-refractivity contribution in [3.8, 4) is 5.69 Å². The van der Waals surface area contributed by atoms with Gasteiger partial charge in [0.1, 0.15) is 11.5 Å². The number of halogens is 3. The highest BCUT2D eigenvalue weighted by molar-refractivity contribution is 6.32. The summed E-state index contributed by atoms with van der Waals surface area (Å²) in [5.74, 6) is -0.340. The van der Waals surface area contributed by atoms with Gasteiger partial charge in [0.25, 0.3) is 0 Å². The van der Waals surface area contributed by atoms with Crippen molar-refractivity contribution in [2.24, 2.45) is 0 Å². The number of aryl methyl sites for hydroxylation is 1. The summed E-state index contributed by atoms with van der Waals surface area (Å²) in [6.07, 6.45) is 2.47. The Morgan fingerprint density at radius 2 is 2.17 bits per heavy atom. The molecule has 0 aliphatic carbocycles. The minimum Gasteiger partial charge on any atom is -0.219 e. The Labute approximate surface area is 115 Å². The first-order chi connectivity index (χ1) is 8.52. The Morgan fingerprint density at radius 1 is 1.44 bits per heavy atom. The van der Waals surface area contributed by atoms with E-state index in [1.165, 1.54) is 10.7 Å². The minimum absolute atomic E-state index is 0.181. The van der Waals surface area contributed by atoms with E-state index in [-0.39, 0.29) is 16.2 Å². The molecular weight excluding hydrogens is 276 g/mol. The van der Waals surface area contributed by atoms with Gasteiger partial charge in [-0.05, 0) is 31.0 Å². The third-order valence-corrected chi connectivity index (χ3v) is 3.50. The molecule has 1 aromatic carbocycles. The zero-order valence-electron chi connectivity index (χ0n) is 9.99. The van der Waals surface area contributed by atoms with Crippen LogP contribution in [0, 0.1) is 12.7 Å². The van der Waals surface area contributed by atoms with Crippen molar-refractivity contribution in [1.29, 1.82) is 0 Å². The van der Waals surface area contributed by atoms with Crippen LogP contribution in [0.5, 0.6) is 0 Å². The van der Waals surface area contributed by atoms with Crippen LogP contribution in [0.4, 0.5) is 4.39 Å². The van der Waals surface area contributed by atoms with Crippen molar-refractivity contribution in [3.63, 3.8) is 0 Å². The molecule has 0 N–H and O–H groups in total. The van der Waals surface area contributed by atoms with Crippen molar-refractivity contribution in [2.75, 3.05) is 0 Å². The molecule has 1 atom stereocenters. The topological polar surface area (TPSA) is 30.7 Å². The van der Waals surface area contributed by atoms with E-state index in [1.807, 2.05) is 6.92 Å². The molecule has 1 aromatic heterocycles. The molecular formula is C12H12Cl2FN3. The maximum atomic E-state index is 13.3. The third-order valence-electron chi connectivity index (χ3n) is 2.67. The molecule has 0 spiro atoms. The number of rotatable bonds is 3. The van der Waals surface area contributed by atoms with E-state index in [1.54, 1.807) is 19.2 Å². The number of alkyl halides is 1. The Balaban J connectivity index is 2.43. The van der Waals surface area contributed by atoms with Gasteiger partial charge >= 0.3 is 0 Å². The lowest BCUT2D eigenvalue weighted by Gasteiger charge is -2.05. The van der Waals surface area contributed by atoms with Crippen LogP contribution in [0.1, 0.15) is 30.0 Å². The fourth-order valence-corrected chi connectivity index (χ4v) is 1.90. The lowest BCUT2D eigenvalue weighted by Crippen LogP contribution is -1.98. The standard InChI is InChI=1S/C12H12Cl2FN3/c1-3-8(13)11-6-18(17-16-11)12-4-7(2)10(15)5-9(12)14/h4-6,8H,3H2,1-2H3. The Bertz CT molecular complexity index is 568. The summed E-state index contributed by atoms with van der Waals surface area (Å²) >= 11 is 12.1. The third kappa shape index (κ3) is 2.49. The molecule has 0 radical (unpaired) electrons. The second-order valence-electron chi connectivity index (χ2n) is 4.02. The molecule has 0 amide bonds.